The molecule has 26 heavy (non-hydrogen) atoms. The second-order valence-electron chi connectivity index (χ2n) is 5.36. The summed E-state index contributed by atoms with van der Waals surface area (Å²) in [6.45, 7) is 0. The number of oxime groups is 1. The molecule has 3 rings (SSSR count). The van der Waals surface area contributed by atoms with Crippen LogP contribution >= 0.6 is 11.6 Å². The lowest BCUT2D eigenvalue weighted by molar-refractivity contribution is 0.0519. The standard InChI is InChI=1S/C22H14ClNO2/c23-21-14-12-20(13-15-21)22(25)26-24-16-19-10-8-18(9-11-19)7-6-17-4-2-1-3-5-17/h1-5,8-16H. The number of carbonyl (C=O) groups is 1. The van der Waals surface area contributed by atoms with Crippen LogP contribution in [0, 0.1) is 11.8 Å². The Balaban J connectivity index is 1.59. The quantitative estimate of drug-likeness (QED) is 0.288. The highest BCUT2D eigenvalue weighted by Gasteiger charge is 2.05. The van der Waals surface area contributed by atoms with Gasteiger partial charge in [0.1, 0.15) is 0 Å². The molecule has 0 bridgehead atoms. The van der Waals surface area contributed by atoms with Crippen LogP contribution in [-0.4, -0.2) is 12.2 Å². The third-order valence-electron chi connectivity index (χ3n) is 3.45. The Morgan fingerprint density at radius 1 is 0.846 bits per heavy atom. The predicted octanol–water partition coefficient (Wildman–Crippen LogP) is 4.93. The van der Waals surface area contributed by atoms with Gasteiger partial charge in [-0.2, -0.15) is 0 Å². The van der Waals surface area contributed by atoms with Gasteiger partial charge in [-0.1, -0.05) is 58.9 Å². The van der Waals surface area contributed by atoms with Crippen LogP contribution in [0.25, 0.3) is 0 Å². The van der Waals surface area contributed by atoms with Gasteiger partial charge in [-0.25, -0.2) is 4.79 Å². The van der Waals surface area contributed by atoms with Crippen LogP contribution in [0.3, 0.4) is 0 Å². The van der Waals surface area contributed by atoms with Crippen molar-refractivity contribution in [3.63, 3.8) is 0 Å². The fourth-order valence-electron chi connectivity index (χ4n) is 2.09. The first-order valence-corrected chi connectivity index (χ1v) is 8.26. The molecule has 0 atom stereocenters. The Labute approximate surface area is 156 Å². The van der Waals surface area contributed by atoms with E-state index in [4.69, 9.17) is 16.4 Å². The van der Waals surface area contributed by atoms with Gasteiger partial charge in [0.2, 0.25) is 0 Å². The topological polar surface area (TPSA) is 38.7 Å². The number of nitrogens with zero attached hydrogens (tertiary/aromatic N) is 1. The van der Waals surface area contributed by atoms with E-state index in [0.29, 0.717) is 10.6 Å². The fourth-order valence-corrected chi connectivity index (χ4v) is 2.22. The molecule has 0 saturated carbocycles. The molecule has 0 fully saturated rings. The van der Waals surface area contributed by atoms with Crippen LogP contribution < -0.4 is 0 Å². The van der Waals surface area contributed by atoms with E-state index in [1.165, 1.54) is 6.21 Å². The number of benzene rings is 3. The molecule has 126 valence electrons. The lowest BCUT2D eigenvalue weighted by Crippen LogP contribution is -2.00. The zero-order valence-corrected chi connectivity index (χ0v) is 14.5. The second kappa shape index (κ2) is 8.66. The molecule has 3 aromatic rings. The van der Waals surface area contributed by atoms with Crippen molar-refractivity contribution in [3.8, 4) is 11.8 Å². The van der Waals surface area contributed by atoms with Gasteiger partial charge in [0, 0.05) is 16.1 Å². The molecule has 0 aliphatic heterocycles. The van der Waals surface area contributed by atoms with E-state index < -0.39 is 5.97 Å². The number of rotatable bonds is 3. The molecule has 0 amide bonds. The number of halogens is 1. The molecule has 0 spiro atoms. The van der Waals surface area contributed by atoms with Crippen molar-refractivity contribution in [1.29, 1.82) is 0 Å². The van der Waals surface area contributed by atoms with E-state index in [1.54, 1.807) is 24.3 Å². The molecule has 0 aliphatic rings. The van der Waals surface area contributed by atoms with E-state index in [1.807, 2.05) is 54.6 Å². The summed E-state index contributed by atoms with van der Waals surface area (Å²) >= 11 is 5.78. The Hall–Kier alpha value is -3.35. The Bertz CT molecular complexity index is 967. The minimum atomic E-state index is -0.539. The van der Waals surface area contributed by atoms with Crippen molar-refractivity contribution in [2.24, 2.45) is 5.16 Å². The highest BCUT2D eigenvalue weighted by molar-refractivity contribution is 6.30. The van der Waals surface area contributed by atoms with Crippen LogP contribution in [0.4, 0.5) is 0 Å². The summed E-state index contributed by atoms with van der Waals surface area (Å²) in [5.74, 6) is 5.66. The average molecular weight is 360 g/mol. The number of carbonyl (C=O) groups excluding carboxylic acids is 1. The van der Waals surface area contributed by atoms with Gasteiger partial charge in [-0.05, 0) is 54.1 Å². The Morgan fingerprint density at radius 3 is 2.12 bits per heavy atom. The minimum Gasteiger partial charge on any atom is -0.313 e. The van der Waals surface area contributed by atoms with Crippen LogP contribution in [-0.2, 0) is 4.84 Å². The van der Waals surface area contributed by atoms with Crippen LogP contribution in [0.2, 0.25) is 5.02 Å². The van der Waals surface area contributed by atoms with E-state index in [9.17, 15) is 4.79 Å². The summed E-state index contributed by atoms with van der Waals surface area (Å²) in [6, 6.07) is 23.7. The highest BCUT2D eigenvalue weighted by Crippen LogP contribution is 2.10. The summed E-state index contributed by atoms with van der Waals surface area (Å²) in [4.78, 5) is 16.7. The molecule has 0 aromatic heterocycles. The summed E-state index contributed by atoms with van der Waals surface area (Å²) in [5.41, 5.74) is 3.05. The van der Waals surface area contributed by atoms with Gasteiger partial charge in [0.15, 0.2) is 0 Å². The fraction of sp³-hybridized carbons (Fsp3) is 0. The molecule has 0 unspecified atom stereocenters. The third-order valence-corrected chi connectivity index (χ3v) is 3.70. The highest BCUT2D eigenvalue weighted by atomic mass is 35.5. The van der Waals surface area contributed by atoms with Crippen molar-refractivity contribution < 1.29 is 9.63 Å². The maximum atomic E-state index is 11.8. The first kappa shape index (κ1) is 17.5. The van der Waals surface area contributed by atoms with Gasteiger partial charge in [0.25, 0.3) is 0 Å². The first-order valence-electron chi connectivity index (χ1n) is 7.88. The Morgan fingerprint density at radius 2 is 1.46 bits per heavy atom. The lowest BCUT2D eigenvalue weighted by atomic mass is 10.1. The first-order chi connectivity index (χ1) is 12.7. The SMILES string of the molecule is O=C(ON=Cc1ccc(C#Cc2ccccc2)cc1)c1ccc(Cl)cc1. The number of hydrogen-bond acceptors (Lipinski definition) is 3. The van der Waals surface area contributed by atoms with Gasteiger partial charge < -0.3 is 4.84 Å². The average Bonchev–Trinajstić information content (AvgIpc) is 2.68. The molecular formula is C22H14ClNO2. The number of hydrogen-bond donors (Lipinski definition) is 0. The van der Waals surface area contributed by atoms with Crippen LogP contribution in [0.15, 0.2) is 84.0 Å². The van der Waals surface area contributed by atoms with Gasteiger partial charge in [-0.3, -0.25) is 0 Å². The lowest BCUT2D eigenvalue weighted by Gasteiger charge is -1.98. The van der Waals surface area contributed by atoms with Crippen molar-refractivity contribution in [2.75, 3.05) is 0 Å². The van der Waals surface area contributed by atoms with E-state index >= 15 is 0 Å². The molecule has 3 aromatic carbocycles. The van der Waals surface area contributed by atoms with E-state index in [2.05, 4.69) is 17.0 Å². The monoisotopic (exact) mass is 359 g/mol. The molecule has 0 saturated heterocycles. The molecular weight excluding hydrogens is 346 g/mol. The maximum Gasteiger partial charge on any atom is 0.365 e. The third kappa shape index (κ3) is 5.07. The van der Waals surface area contributed by atoms with Gasteiger partial charge in [0.05, 0.1) is 11.8 Å². The van der Waals surface area contributed by atoms with E-state index in [0.717, 1.165) is 16.7 Å². The molecule has 0 radical (unpaired) electrons. The molecule has 0 heterocycles. The van der Waals surface area contributed by atoms with Gasteiger partial charge >= 0.3 is 5.97 Å². The summed E-state index contributed by atoms with van der Waals surface area (Å²) in [7, 11) is 0. The summed E-state index contributed by atoms with van der Waals surface area (Å²) in [6.07, 6.45) is 1.47. The normalized spacial score (nSPS) is 10.2. The van der Waals surface area contributed by atoms with Crippen LogP contribution in [0.1, 0.15) is 27.0 Å². The van der Waals surface area contributed by atoms with Crippen molar-refractivity contribution in [1.82, 2.24) is 0 Å². The smallest absolute Gasteiger partial charge is 0.313 e. The summed E-state index contributed by atoms with van der Waals surface area (Å²) in [5, 5.41) is 4.28. The largest absolute Gasteiger partial charge is 0.365 e. The summed E-state index contributed by atoms with van der Waals surface area (Å²) < 4.78 is 0. The zero-order chi connectivity index (χ0) is 18.2. The maximum absolute atomic E-state index is 11.8. The second-order valence-corrected chi connectivity index (χ2v) is 5.79. The van der Waals surface area contributed by atoms with E-state index in [-0.39, 0.29) is 0 Å². The van der Waals surface area contributed by atoms with Crippen molar-refractivity contribution in [3.05, 3.63) is 106 Å². The minimum absolute atomic E-state index is 0.387. The van der Waals surface area contributed by atoms with Crippen molar-refractivity contribution >= 4 is 23.8 Å². The predicted molar refractivity (Wildman–Crippen MR) is 103 cm³/mol. The zero-order valence-electron chi connectivity index (χ0n) is 13.7. The molecule has 0 aliphatic carbocycles. The van der Waals surface area contributed by atoms with Crippen molar-refractivity contribution in [2.45, 2.75) is 0 Å². The molecule has 0 N–H and O–H groups in total. The Kier molecular flexibility index (Phi) is 5.82. The van der Waals surface area contributed by atoms with Crippen LogP contribution in [0.5, 0.6) is 0 Å². The molecule has 3 nitrogen and oxygen atoms in total. The molecule has 4 heteroatoms. The van der Waals surface area contributed by atoms with Gasteiger partial charge in [-0.15, -0.1) is 0 Å².